The van der Waals surface area contributed by atoms with E-state index in [1.165, 1.54) is 23.1 Å². The maximum Gasteiger partial charge on any atom is 0.254 e. The Kier molecular flexibility index (Phi) is 11.4. The molecule has 8 heteroatoms. The molecule has 204 valence electrons. The second-order valence-corrected chi connectivity index (χ2v) is 10.1. The quantitative estimate of drug-likeness (QED) is 0.239. The predicted molar refractivity (Wildman–Crippen MR) is 149 cm³/mol. The van der Waals surface area contributed by atoms with E-state index in [4.69, 9.17) is 16.3 Å². The van der Waals surface area contributed by atoms with E-state index in [1.807, 2.05) is 49.5 Å². The predicted octanol–water partition coefficient (Wildman–Crippen LogP) is 5.88. The summed E-state index contributed by atoms with van der Waals surface area (Å²) in [5, 5.41) is 0.695. The Morgan fingerprint density at radius 3 is 2.55 bits per heavy atom. The van der Waals surface area contributed by atoms with Gasteiger partial charge >= 0.3 is 0 Å². The highest BCUT2D eigenvalue weighted by molar-refractivity contribution is 6.31. The fourth-order valence-electron chi connectivity index (χ4n) is 4.27. The zero-order chi connectivity index (χ0) is 27.5. The second-order valence-electron chi connectivity index (χ2n) is 9.67. The molecular weight excluding hydrogens is 505 g/mol. The van der Waals surface area contributed by atoms with E-state index in [9.17, 15) is 14.0 Å². The molecule has 38 heavy (non-hydrogen) atoms. The Hall–Kier alpha value is -3.16. The molecule has 0 spiro atoms. The van der Waals surface area contributed by atoms with Gasteiger partial charge in [0.15, 0.2) is 0 Å². The molecule has 0 saturated carbocycles. The Balaban J connectivity index is 1.78. The highest BCUT2D eigenvalue weighted by Gasteiger charge is 2.24. The highest BCUT2D eigenvalue weighted by atomic mass is 35.5. The van der Waals surface area contributed by atoms with E-state index in [-0.39, 0.29) is 29.8 Å². The Bertz CT molecular complexity index is 1200. The molecular formula is C30H37ClFN3O3. The van der Waals surface area contributed by atoms with Crippen LogP contribution < -0.4 is 0 Å². The molecule has 0 saturated heterocycles. The summed E-state index contributed by atoms with van der Waals surface area (Å²) in [5.41, 5.74) is 2.19. The van der Waals surface area contributed by atoms with Crippen molar-refractivity contribution in [3.63, 3.8) is 0 Å². The number of aromatic nitrogens is 1. The standard InChI is InChI=1S/C30H37ClFN3O3/c1-4-38-17-9-16-34(30(37)24-11-7-12-26(32)18-24)22-29(36)35(19-23(2)3)21-27-13-8-15-33(27)20-25-10-5-6-14-28(25)31/h5-8,10-15,18,23H,4,9,16-17,19-22H2,1-3H3. The lowest BCUT2D eigenvalue weighted by molar-refractivity contribution is -0.133. The number of benzene rings is 2. The molecule has 3 rings (SSSR count). The zero-order valence-electron chi connectivity index (χ0n) is 22.4. The average molecular weight is 542 g/mol. The van der Waals surface area contributed by atoms with Gasteiger partial charge in [0.1, 0.15) is 12.4 Å². The fraction of sp³-hybridized carbons (Fsp3) is 0.400. The van der Waals surface area contributed by atoms with Crippen LogP contribution in [-0.2, 0) is 22.6 Å². The van der Waals surface area contributed by atoms with Gasteiger partial charge in [0.2, 0.25) is 5.91 Å². The number of carbonyl (C=O) groups is 2. The van der Waals surface area contributed by atoms with Crippen molar-refractivity contribution in [2.24, 2.45) is 5.92 Å². The maximum absolute atomic E-state index is 13.8. The lowest BCUT2D eigenvalue weighted by atomic mass is 10.1. The second kappa shape index (κ2) is 14.7. The van der Waals surface area contributed by atoms with Crippen LogP contribution >= 0.6 is 11.6 Å². The number of halogens is 2. The van der Waals surface area contributed by atoms with Gasteiger partial charge in [-0.15, -0.1) is 0 Å². The normalized spacial score (nSPS) is 11.1. The first-order valence-corrected chi connectivity index (χ1v) is 13.4. The summed E-state index contributed by atoms with van der Waals surface area (Å²) in [7, 11) is 0. The number of hydrogen-bond acceptors (Lipinski definition) is 3. The van der Waals surface area contributed by atoms with Crippen LogP contribution in [0.3, 0.4) is 0 Å². The van der Waals surface area contributed by atoms with Gasteiger partial charge in [0, 0.05) is 55.3 Å². The van der Waals surface area contributed by atoms with Crippen molar-refractivity contribution in [1.82, 2.24) is 14.4 Å². The number of carbonyl (C=O) groups excluding carboxylic acids is 2. The average Bonchev–Trinajstić information content (AvgIpc) is 3.32. The third-order valence-corrected chi connectivity index (χ3v) is 6.49. The van der Waals surface area contributed by atoms with Gasteiger partial charge in [0.05, 0.1) is 6.54 Å². The molecule has 3 aromatic rings. The first-order chi connectivity index (χ1) is 18.3. The summed E-state index contributed by atoms with van der Waals surface area (Å²) in [4.78, 5) is 30.2. The molecule has 0 fully saturated rings. The lowest BCUT2D eigenvalue weighted by Gasteiger charge is -2.29. The van der Waals surface area contributed by atoms with Gasteiger partial charge in [-0.05, 0) is 61.2 Å². The van der Waals surface area contributed by atoms with Crippen molar-refractivity contribution < 1.29 is 18.7 Å². The minimum Gasteiger partial charge on any atom is -0.382 e. The molecule has 2 amide bonds. The van der Waals surface area contributed by atoms with Crippen LogP contribution in [0, 0.1) is 11.7 Å². The first-order valence-electron chi connectivity index (χ1n) is 13.1. The molecule has 1 aromatic heterocycles. The van der Waals surface area contributed by atoms with Crippen molar-refractivity contribution in [2.45, 2.75) is 40.3 Å². The van der Waals surface area contributed by atoms with Crippen LogP contribution in [0.4, 0.5) is 4.39 Å². The van der Waals surface area contributed by atoms with Crippen molar-refractivity contribution >= 4 is 23.4 Å². The largest absolute Gasteiger partial charge is 0.382 e. The van der Waals surface area contributed by atoms with E-state index in [0.29, 0.717) is 50.8 Å². The van der Waals surface area contributed by atoms with Gasteiger partial charge in [-0.25, -0.2) is 4.39 Å². The molecule has 1 heterocycles. The molecule has 0 bridgehead atoms. The Morgan fingerprint density at radius 2 is 1.84 bits per heavy atom. The third kappa shape index (κ3) is 8.71. The summed E-state index contributed by atoms with van der Waals surface area (Å²) in [6.07, 6.45) is 2.55. The van der Waals surface area contributed by atoms with Crippen LogP contribution in [0.2, 0.25) is 5.02 Å². The molecule has 0 aliphatic heterocycles. The van der Waals surface area contributed by atoms with Gasteiger partial charge < -0.3 is 19.1 Å². The number of amides is 2. The van der Waals surface area contributed by atoms with Crippen LogP contribution in [0.25, 0.3) is 0 Å². The van der Waals surface area contributed by atoms with Crippen LogP contribution in [0.5, 0.6) is 0 Å². The molecule has 2 aromatic carbocycles. The third-order valence-electron chi connectivity index (χ3n) is 6.12. The minimum atomic E-state index is -0.489. The summed E-state index contributed by atoms with van der Waals surface area (Å²) >= 11 is 6.38. The van der Waals surface area contributed by atoms with E-state index in [0.717, 1.165) is 11.3 Å². The smallest absolute Gasteiger partial charge is 0.254 e. The van der Waals surface area contributed by atoms with E-state index >= 15 is 0 Å². The Labute approximate surface area is 229 Å². The van der Waals surface area contributed by atoms with Gasteiger partial charge in [0.25, 0.3) is 5.91 Å². The van der Waals surface area contributed by atoms with Crippen LogP contribution in [0.15, 0.2) is 66.9 Å². The summed E-state index contributed by atoms with van der Waals surface area (Å²) in [5.74, 6) is -0.792. The maximum atomic E-state index is 13.8. The summed E-state index contributed by atoms with van der Waals surface area (Å²) < 4.78 is 21.3. The van der Waals surface area contributed by atoms with Crippen LogP contribution in [-0.4, -0.2) is 59.0 Å². The Morgan fingerprint density at radius 1 is 1.05 bits per heavy atom. The SMILES string of the molecule is CCOCCCN(CC(=O)N(Cc1cccn1Cc1ccccc1Cl)CC(C)C)C(=O)c1cccc(F)c1. The fourth-order valence-corrected chi connectivity index (χ4v) is 4.47. The van der Waals surface area contributed by atoms with E-state index < -0.39 is 5.82 Å². The number of ether oxygens (including phenoxy) is 1. The molecule has 0 unspecified atom stereocenters. The van der Waals surface area contributed by atoms with Crippen molar-refractivity contribution in [2.75, 3.05) is 32.8 Å². The molecule has 0 N–H and O–H groups in total. The van der Waals surface area contributed by atoms with Crippen molar-refractivity contribution in [3.8, 4) is 0 Å². The van der Waals surface area contributed by atoms with Gasteiger partial charge in [-0.1, -0.05) is 49.7 Å². The minimum absolute atomic E-state index is 0.0978. The van der Waals surface area contributed by atoms with Crippen LogP contribution in [0.1, 0.15) is 48.8 Å². The van der Waals surface area contributed by atoms with Gasteiger partial charge in [-0.2, -0.15) is 0 Å². The van der Waals surface area contributed by atoms with Crippen molar-refractivity contribution in [1.29, 1.82) is 0 Å². The molecule has 0 aliphatic carbocycles. The number of hydrogen-bond donors (Lipinski definition) is 0. The first kappa shape index (κ1) is 29.4. The summed E-state index contributed by atoms with van der Waals surface area (Å²) in [6, 6.07) is 17.2. The number of nitrogens with zero attached hydrogens (tertiary/aromatic N) is 3. The topological polar surface area (TPSA) is 54.8 Å². The molecule has 0 radical (unpaired) electrons. The van der Waals surface area contributed by atoms with E-state index in [2.05, 4.69) is 18.4 Å². The van der Waals surface area contributed by atoms with Gasteiger partial charge in [-0.3, -0.25) is 9.59 Å². The lowest BCUT2D eigenvalue weighted by Crippen LogP contribution is -2.44. The molecule has 0 aliphatic rings. The monoisotopic (exact) mass is 541 g/mol. The number of rotatable bonds is 14. The zero-order valence-corrected chi connectivity index (χ0v) is 23.2. The highest BCUT2D eigenvalue weighted by Crippen LogP contribution is 2.19. The molecule has 6 nitrogen and oxygen atoms in total. The molecule has 0 atom stereocenters. The van der Waals surface area contributed by atoms with E-state index in [1.54, 1.807) is 11.0 Å². The van der Waals surface area contributed by atoms with Crippen molar-refractivity contribution in [3.05, 3.63) is 94.5 Å². The summed E-state index contributed by atoms with van der Waals surface area (Å²) in [6.45, 7) is 8.83.